The largest absolute Gasteiger partial charge is 0.497 e. The maximum atomic E-state index is 5.24. The maximum Gasteiger partial charge on any atom is 0.118 e. The van der Waals surface area contributed by atoms with Crippen LogP contribution >= 0.6 is 11.8 Å². The van der Waals surface area contributed by atoms with Gasteiger partial charge in [0.05, 0.1) is 14.2 Å². The molecule has 0 saturated heterocycles. The summed E-state index contributed by atoms with van der Waals surface area (Å²) in [6.45, 7) is 2.11. The molecule has 0 aliphatic rings. The Balaban J connectivity index is 2.21. The van der Waals surface area contributed by atoms with E-state index < -0.39 is 0 Å². The van der Waals surface area contributed by atoms with E-state index in [0.29, 0.717) is 0 Å². The van der Waals surface area contributed by atoms with Crippen LogP contribution < -0.4 is 4.74 Å². The van der Waals surface area contributed by atoms with Gasteiger partial charge < -0.3 is 9.47 Å². The quantitative estimate of drug-likeness (QED) is 0.369. The van der Waals surface area contributed by atoms with Gasteiger partial charge in [-0.3, -0.25) is 0 Å². The predicted octanol–water partition coefficient (Wildman–Crippen LogP) is 4.82. The summed E-state index contributed by atoms with van der Waals surface area (Å²) in [5.41, 5.74) is 1.34. The van der Waals surface area contributed by atoms with Gasteiger partial charge in [-0.25, -0.2) is 0 Å². The van der Waals surface area contributed by atoms with Crippen LogP contribution in [-0.4, -0.2) is 20.0 Å². The third-order valence-electron chi connectivity index (χ3n) is 2.78. The molecule has 0 aromatic heterocycles. The Morgan fingerprint density at radius 1 is 1.20 bits per heavy atom. The zero-order chi connectivity index (χ0) is 14.6. The fourth-order valence-electron chi connectivity index (χ4n) is 1.68. The van der Waals surface area contributed by atoms with Crippen molar-refractivity contribution in [2.45, 2.75) is 25.5 Å². The molecule has 0 N–H and O–H groups in total. The standard InChI is InChI=1S/C17H24O2S/c1-4-7-16(18-2)8-5-6-13-20-14-15-9-11-17(19-3)12-10-15/h5,7-12H,4,6,13-14H2,1-3H3/b8-5-,16-7+. The van der Waals surface area contributed by atoms with Crippen LogP contribution in [0.2, 0.25) is 0 Å². The Morgan fingerprint density at radius 2 is 1.95 bits per heavy atom. The minimum absolute atomic E-state index is 0.913. The van der Waals surface area contributed by atoms with Gasteiger partial charge in [0.25, 0.3) is 0 Å². The molecule has 20 heavy (non-hydrogen) atoms. The number of rotatable bonds is 9. The third kappa shape index (κ3) is 6.71. The van der Waals surface area contributed by atoms with E-state index in [1.165, 1.54) is 5.56 Å². The topological polar surface area (TPSA) is 18.5 Å². The summed E-state index contributed by atoms with van der Waals surface area (Å²) in [5.74, 6) is 4.02. The van der Waals surface area contributed by atoms with Gasteiger partial charge in [0.2, 0.25) is 0 Å². The fourth-order valence-corrected chi connectivity index (χ4v) is 2.56. The Morgan fingerprint density at radius 3 is 2.55 bits per heavy atom. The molecule has 0 aliphatic heterocycles. The Kier molecular flexibility index (Phi) is 8.72. The highest BCUT2D eigenvalue weighted by atomic mass is 32.2. The first kappa shape index (κ1) is 16.7. The molecule has 0 amide bonds. The molecule has 2 nitrogen and oxygen atoms in total. The predicted molar refractivity (Wildman–Crippen MR) is 88.3 cm³/mol. The van der Waals surface area contributed by atoms with Gasteiger partial charge in [0.1, 0.15) is 11.5 Å². The summed E-state index contributed by atoms with van der Waals surface area (Å²) in [6.07, 6.45) is 8.37. The first-order valence-electron chi connectivity index (χ1n) is 6.91. The monoisotopic (exact) mass is 292 g/mol. The van der Waals surface area contributed by atoms with Crippen molar-refractivity contribution in [2.24, 2.45) is 0 Å². The van der Waals surface area contributed by atoms with Crippen molar-refractivity contribution < 1.29 is 9.47 Å². The van der Waals surface area contributed by atoms with E-state index in [1.807, 2.05) is 23.9 Å². The lowest BCUT2D eigenvalue weighted by Gasteiger charge is -2.03. The van der Waals surface area contributed by atoms with E-state index in [1.54, 1.807) is 14.2 Å². The van der Waals surface area contributed by atoms with Crippen LogP contribution in [0, 0.1) is 0 Å². The van der Waals surface area contributed by atoms with E-state index in [4.69, 9.17) is 9.47 Å². The molecule has 1 rings (SSSR count). The number of thioether (sulfide) groups is 1. The molecule has 0 unspecified atom stereocenters. The van der Waals surface area contributed by atoms with Crippen molar-refractivity contribution in [1.82, 2.24) is 0 Å². The Hall–Kier alpha value is -1.35. The van der Waals surface area contributed by atoms with Crippen molar-refractivity contribution in [2.75, 3.05) is 20.0 Å². The van der Waals surface area contributed by atoms with Crippen molar-refractivity contribution in [3.05, 3.63) is 53.8 Å². The number of hydrogen-bond acceptors (Lipinski definition) is 3. The second-order valence-electron chi connectivity index (χ2n) is 4.31. The zero-order valence-corrected chi connectivity index (χ0v) is 13.4. The van der Waals surface area contributed by atoms with Gasteiger partial charge in [0, 0.05) is 5.75 Å². The first-order valence-corrected chi connectivity index (χ1v) is 8.07. The maximum absolute atomic E-state index is 5.24. The number of hydrogen-bond donors (Lipinski definition) is 0. The smallest absolute Gasteiger partial charge is 0.118 e. The van der Waals surface area contributed by atoms with Gasteiger partial charge in [-0.15, -0.1) is 0 Å². The molecule has 0 fully saturated rings. The summed E-state index contributed by atoms with van der Waals surface area (Å²) < 4.78 is 10.4. The molecular formula is C17H24O2S. The highest BCUT2D eigenvalue weighted by molar-refractivity contribution is 7.98. The average Bonchev–Trinajstić information content (AvgIpc) is 2.50. The lowest BCUT2D eigenvalue weighted by molar-refractivity contribution is 0.305. The van der Waals surface area contributed by atoms with Crippen LogP contribution in [0.1, 0.15) is 25.3 Å². The van der Waals surface area contributed by atoms with E-state index in [-0.39, 0.29) is 0 Å². The highest BCUT2D eigenvalue weighted by Crippen LogP contribution is 2.17. The van der Waals surface area contributed by atoms with Gasteiger partial charge in [-0.1, -0.05) is 25.1 Å². The van der Waals surface area contributed by atoms with Crippen molar-refractivity contribution in [3.63, 3.8) is 0 Å². The summed E-state index contributed by atoms with van der Waals surface area (Å²) >= 11 is 1.94. The second kappa shape index (κ2) is 10.4. The molecule has 0 spiro atoms. The van der Waals surface area contributed by atoms with Crippen molar-refractivity contribution in [3.8, 4) is 5.75 Å². The Labute approximate surface area is 126 Å². The molecule has 0 aliphatic carbocycles. The molecule has 0 saturated carbocycles. The van der Waals surface area contributed by atoms with Crippen LogP contribution in [0.3, 0.4) is 0 Å². The molecule has 0 atom stereocenters. The summed E-state index contributed by atoms with van der Waals surface area (Å²) in [7, 11) is 3.40. The minimum atomic E-state index is 0.913. The first-order chi connectivity index (χ1) is 9.80. The molecular weight excluding hydrogens is 268 g/mol. The third-order valence-corrected chi connectivity index (χ3v) is 3.84. The van der Waals surface area contributed by atoms with Crippen LogP contribution in [0.15, 0.2) is 48.3 Å². The number of allylic oxidation sites excluding steroid dienone is 3. The number of ether oxygens (including phenoxy) is 2. The average molecular weight is 292 g/mol. The van der Waals surface area contributed by atoms with Gasteiger partial charge in [-0.05, 0) is 48.4 Å². The van der Waals surface area contributed by atoms with Gasteiger partial charge in [0.15, 0.2) is 0 Å². The summed E-state index contributed by atoms with van der Waals surface area (Å²) in [5, 5.41) is 0. The lowest BCUT2D eigenvalue weighted by atomic mass is 10.2. The number of benzene rings is 1. The van der Waals surface area contributed by atoms with E-state index in [0.717, 1.165) is 35.9 Å². The molecule has 0 heterocycles. The molecule has 0 bridgehead atoms. The van der Waals surface area contributed by atoms with Crippen LogP contribution in [-0.2, 0) is 10.5 Å². The summed E-state index contributed by atoms with van der Waals surface area (Å²) in [6, 6.07) is 8.26. The normalized spacial score (nSPS) is 11.8. The van der Waals surface area contributed by atoms with Gasteiger partial charge >= 0.3 is 0 Å². The SMILES string of the molecule is CC/C=C(\C=C/CCSCc1ccc(OC)cc1)OC. The summed E-state index contributed by atoms with van der Waals surface area (Å²) in [4.78, 5) is 0. The van der Waals surface area contributed by atoms with E-state index >= 15 is 0 Å². The van der Waals surface area contributed by atoms with Crippen LogP contribution in [0.25, 0.3) is 0 Å². The Bertz CT molecular complexity index is 421. The molecule has 1 aromatic rings. The fraction of sp³-hybridized carbons (Fsp3) is 0.412. The molecule has 1 aromatic carbocycles. The van der Waals surface area contributed by atoms with E-state index in [9.17, 15) is 0 Å². The highest BCUT2D eigenvalue weighted by Gasteiger charge is 1.95. The zero-order valence-electron chi connectivity index (χ0n) is 12.6. The van der Waals surface area contributed by atoms with Gasteiger partial charge in [-0.2, -0.15) is 11.8 Å². The lowest BCUT2D eigenvalue weighted by Crippen LogP contribution is -1.86. The van der Waals surface area contributed by atoms with Crippen LogP contribution in [0.4, 0.5) is 0 Å². The number of methoxy groups -OCH3 is 2. The van der Waals surface area contributed by atoms with Crippen molar-refractivity contribution in [1.29, 1.82) is 0 Å². The van der Waals surface area contributed by atoms with Crippen LogP contribution in [0.5, 0.6) is 5.75 Å². The van der Waals surface area contributed by atoms with E-state index in [2.05, 4.69) is 37.3 Å². The molecule has 0 radical (unpaired) electrons. The minimum Gasteiger partial charge on any atom is -0.497 e. The second-order valence-corrected chi connectivity index (χ2v) is 5.42. The van der Waals surface area contributed by atoms with Crippen molar-refractivity contribution >= 4 is 11.8 Å². The molecule has 3 heteroatoms. The molecule has 110 valence electrons.